The number of piperazine rings is 1. The normalized spacial score (nSPS) is 30.5. The van der Waals surface area contributed by atoms with Crippen molar-refractivity contribution in [3.8, 4) is 11.3 Å². The molecule has 0 spiro atoms. The highest BCUT2D eigenvalue weighted by molar-refractivity contribution is 5.63. The van der Waals surface area contributed by atoms with Crippen LogP contribution < -0.4 is 5.73 Å². The molecule has 3 heterocycles. The second kappa shape index (κ2) is 8.52. The van der Waals surface area contributed by atoms with Crippen LogP contribution in [-0.4, -0.2) is 63.3 Å². The van der Waals surface area contributed by atoms with Crippen molar-refractivity contribution in [1.29, 1.82) is 0 Å². The first kappa shape index (κ1) is 23.6. The number of rotatable bonds is 4. The first-order chi connectivity index (χ1) is 16.0. The van der Waals surface area contributed by atoms with E-state index in [0.717, 1.165) is 37.8 Å². The summed E-state index contributed by atoms with van der Waals surface area (Å²) in [6, 6.07) is 4.42. The minimum Gasteiger partial charge on any atom is -0.383 e. The minimum absolute atomic E-state index is 0.125. The maximum Gasteiger partial charge on any atom is 0.419 e. The number of hydrogen-bond donors (Lipinski definition) is 1. The Balaban J connectivity index is 1.40. The van der Waals surface area contributed by atoms with Crippen LogP contribution in [0.25, 0.3) is 11.3 Å². The van der Waals surface area contributed by atoms with E-state index in [-0.39, 0.29) is 6.04 Å². The molecule has 2 saturated carbocycles. The molecule has 3 aliphatic rings. The topological polar surface area (TPSA) is 63.2 Å². The van der Waals surface area contributed by atoms with Crippen LogP contribution in [0.4, 0.5) is 19.0 Å². The van der Waals surface area contributed by atoms with Crippen molar-refractivity contribution in [3.63, 3.8) is 0 Å². The van der Waals surface area contributed by atoms with Gasteiger partial charge in [0.2, 0.25) is 0 Å². The van der Waals surface area contributed by atoms with Crippen LogP contribution in [0.3, 0.4) is 0 Å². The van der Waals surface area contributed by atoms with E-state index >= 15 is 0 Å². The summed E-state index contributed by atoms with van der Waals surface area (Å²) in [5.74, 6) is 1.17. The average molecular weight is 477 g/mol. The highest BCUT2D eigenvalue weighted by atomic mass is 19.4. The van der Waals surface area contributed by atoms with Gasteiger partial charge < -0.3 is 10.6 Å². The van der Waals surface area contributed by atoms with Gasteiger partial charge in [-0.05, 0) is 71.0 Å². The number of alkyl halides is 3. The molecule has 186 valence electrons. The number of likely N-dealkylation sites (N-methyl/N-ethyl adjacent to an activating group) is 1. The molecule has 34 heavy (non-hydrogen) atoms. The van der Waals surface area contributed by atoms with Crippen molar-refractivity contribution in [2.45, 2.75) is 70.3 Å². The largest absolute Gasteiger partial charge is 0.419 e. The molecule has 3 fully saturated rings. The fraction of sp³-hybridized carbons (Fsp3) is 0.680. The molecular formula is C25H35F3N6. The molecule has 0 amide bonds. The van der Waals surface area contributed by atoms with E-state index in [1.54, 1.807) is 0 Å². The van der Waals surface area contributed by atoms with Gasteiger partial charge in [-0.3, -0.25) is 9.58 Å². The second-order valence-electron chi connectivity index (χ2n) is 10.9. The van der Waals surface area contributed by atoms with Gasteiger partial charge in [0.05, 0.1) is 11.3 Å². The highest BCUT2D eigenvalue weighted by Gasteiger charge is 2.50. The molecule has 5 rings (SSSR count). The highest BCUT2D eigenvalue weighted by Crippen LogP contribution is 2.55. The Labute approximate surface area is 199 Å². The van der Waals surface area contributed by atoms with Gasteiger partial charge in [0, 0.05) is 61.1 Å². The summed E-state index contributed by atoms with van der Waals surface area (Å²) >= 11 is 0. The van der Waals surface area contributed by atoms with E-state index in [2.05, 4.69) is 42.6 Å². The van der Waals surface area contributed by atoms with Crippen LogP contribution in [-0.2, 0) is 6.18 Å². The number of nitrogens with two attached hydrogens (primary N) is 1. The standard InChI is InChI=1S/C25H35F3N6/c1-14(2)34-23(11-21(31-34)18-9-20(25(26,27)28)24(29)30-12-18)19-8-17-7-16(19)10-22(17)33-6-5-32(4)13-15(33)3/h9,11-12,14-17,19,22H,5-8,10,13H2,1-4H3,(H2,29,30)/t15-,16-,17?,19+,22-/m0/s1. The maximum absolute atomic E-state index is 13.4. The number of hydrogen-bond acceptors (Lipinski definition) is 5. The lowest BCUT2D eigenvalue weighted by atomic mass is 9.82. The van der Waals surface area contributed by atoms with Crippen LogP contribution in [0.2, 0.25) is 0 Å². The summed E-state index contributed by atoms with van der Waals surface area (Å²) in [5.41, 5.74) is 6.64. The van der Waals surface area contributed by atoms with E-state index in [1.165, 1.54) is 19.0 Å². The number of anilines is 1. The van der Waals surface area contributed by atoms with Crippen molar-refractivity contribution in [2.75, 3.05) is 32.4 Å². The van der Waals surface area contributed by atoms with E-state index < -0.39 is 17.6 Å². The Morgan fingerprint density at radius 1 is 1.09 bits per heavy atom. The third-order valence-electron chi connectivity index (χ3n) is 8.28. The Morgan fingerprint density at radius 2 is 1.85 bits per heavy atom. The predicted molar refractivity (Wildman–Crippen MR) is 126 cm³/mol. The summed E-state index contributed by atoms with van der Waals surface area (Å²) in [5, 5.41) is 4.74. The van der Waals surface area contributed by atoms with Crippen molar-refractivity contribution in [1.82, 2.24) is 24.6 Å². The first-order valence-corrected chi connectivity index (χ1v) is 12.4. The Bertz CT molecular complexity index is 1050. The number of aromatic nitrogens is 3. The third kappa shape index (κ3) is 4.11. The zero-order valence-electron chi connectivity index (χ0n) is 20.4. The summed E-state index contributed by atoms with van der Waals surface area (Å²) < 4.78 is 42.2. The number of halogens is 3. The van der Waals surface area contributed by atoms with Crippen molar-refractivity contribution >= 4 is 5.82 Å². The summed E-state index contributed by atoms with van der Waals surface area (Å²) in [6.07, 6.45) is 0.405. The van der Waals surface area contributed by atoms with E-state index in [0.29, 0.717) is 41.1 Å². The van der Waals surface area contributed by atoms with Gasteiger partial charge >= 0.3 is 6.18 Å². The van der Waals surface area contributed by atoms with Crippen molar-refractivity contribution in [3.05, 3.63) is 29.6 Å². The number of fused-ring (bicyclic) bond motifs is 2. The number of nitrogen functional groups attached to an aromatic ring is 1. The molecule has 2 aromatic rings. The molecule has 2 aliphatic carbocycles. The molecule has 1 aliphatic heterocycles. The van der Waals surface area contributed by atoms with Gasteiger partial charge in [0.15, 0.2) is 0 Å². The lowest BCUT2D eigenvalue weighted by molar-refractivity contribution is -0.137. The SMILES string of the molecule is CC(C)n1nc(-c2cnc(N)c(C(F)(F)F)c2)cc1[C@@H]1CC2C[C@H]1C[C@@H]2N1CCN(C)C[C@@H]1C. The van der Waals surface area contributed by atoms with E-state index in [9.17, 15) is 13.2 Å². The lowest BCUT2D eigenvalue weighted by Gasteiger charge is -2.45. The fourth-order valence-electron chi connectivity index (χ4n) is 6.74. The number of pyridine rings is 1. The Morgan fingerprint density at radius 3 is 2.47 bits per heavy atom. The van der Waals surface area contributed by atoms with Gasteiger partial charge in [0.1, 0.15) is 5.82 Å². The van der Waals surface area contributed by atoms with Crippen molar-refractivity contribution < 1.29 is 13.2 Å². The summed E-state index contributed by atoms with van der Waals surface area (Å²) in [6.45, 7) is 9.87. The van der Waals surface area contributed by atoms with Crippen LogP contribution in [0, 0.1) is 11.8 Å². The first-order valence-electron chi connectivity index (χ1n) is 12.4. The van der Waals surface area contributed by atoms with Crippen molar-refractivity contribution in [2.24, 2.45) is 11.8 Å². The van der Waals surface area contributed by atoms with Crippen LogP contribution in [0.15, 0.2) is 18.3 Å². The molecule has 1 unspecified atom stereocenters. The van der Waals surface area contributed by atoms with Gasteiger partial charge in [-0.1, -0.05) is 0 Å². The van der Waals surface area contributed by atoms with Crippen LogP contribution >= 0.6 is 0 Å². The summed E-state index contributed by atoms with van der Waals surface area (Å²) in [4.78, 5) is 8.95. The molecule has 0 aromatic carbocycles. The van der Waals surface area contributed by atoms with Crippen LogP contribution in [0.1, 0.15) is 63.3 Å². The molecular weight excluding hydrogens is 441 g/mol. The number of nitrogens with zero attached hydrogens (tertiary/aromatic N) is 5. The van der Waals surface area contributed by atoms with E-state index in [4.69, 9.17) is 10.8 Å². The third-order valence-corrected chi connectivity index (χ3v) is 8.28. The molecule has 6 nitrogen and oxygen atoms in total. The summed E-state index contributed by atoms with van der Waals surface area (Å²) in [7, 11) is 2.20. The predicted octanol–water partition coefficient (Wildman–Crippen LogP) is 4.65. The average Bonchev–Trinajstić information content (AvgIpc) is 3.47. The zero-order valence-corrected chi connectivity index (χ0v) is 20.4. The molecule has 2 bridgehead atoms. The quantitative estimate of drug-likeness (QED) is 0.696. The minimum atomic E-state index is -4.55. The van der Waals surface area contributed by atoms with Gasteiger partial charge in [0.25, 0.3) is 0 Å². The fourth-order valence-corrected chi connectivity index (χ4v) is 6.74. The smallest absolute Gasteiger partial charge is 0.383 e. The molecule has 9 heteroatoms. The monoisotopic (exact) mass is 476 g/mol. The van der Waals surface area contributed by atoms with Gasteiger partial charge in [-0.15, -0.1) is 0 Å². The van der Waals surface area contributed by atoms with Gasteiger partial charge in [-0.25, -0.2) is 4.98 Å². The van der Waals surface area contributed by atoms with Gasteiger partial charge in [-0.2, -0.15) is 18.3 Å². The molecule has 1 saturated heterocycles. The molecule has 0 radical (unpaired) electrons. The maximum atomic E-state index is 13.4. The lowest BCUT2D eigenvalue weighted by Crippen LogP contribution is -2.55. The molecule has 5 atom stereocenters. The zero-order chi connectivity index (χ0) is 24.4. The van der Waals surface area contributed by atoms with E-state index in [1.807, 2.05) is 10.7 Å². The molecule has 2 N–H and O–H groups in total. The Hall–Kier alpha value is -2.13. The Kier molecular flexibility index (Phi) is 5.91. The van der Waals surface area contributed by atoms with Crippen LogP contribution in [0.5, 0.6) is 0 Å². The molecule has 2 aromatic heterocycles. The second-order valence-corrected chi connectivity index (χ2v) is 10.9.